The van der Waals surface area contributed by atoms with Gasteiger partial charge < -0.3 is 24.8 Å². The second kappa shape index (κ2) is 8.07. The molecule has 1 atom stereocenters. The third-order valence-electron chi connectivity index (χ3n) is 3.68. The summed E-state index contributed by atoms with van der Waals surface area (Å²) in [6.45, 7) is 0.813. The van der Waals surface area contributed by atoms with Crippen LogP contribution in [-0.4, -0.2) is 62.3 Å². The highest BCUT2D eigenvalue weighted by atomic mass is 19.1. The van der Waals surface area contributed by atoms with Gasteiger partial charge in [0.1, 0.15) is 17.2 Å². The van der Waals surface area contributed by atoms with Crippen molar-refractivity contribution in [3.8, 4) is 5.75 Å². The number of carbonyl (C=O) groups is 2. The molecule has 24 heavy (non-hydrogen) atoms. The number of morpholine rings is 1. The van der Waals surface area contributed by atoms with Gasteiger partial charge in [0.2, 0.25) is 5.91 Å². The van der Waals surface area contributed by atoms with Gasteiger partial charge in [0.05, 0.1) is 26.2 Å². The molecule has 0 bridgehead atoms. The van der Waals surface area contributed by atoms with Gasteiger partial charge in [0.25, 0.3) is 5.91 Å². The number of halogens is 1. The maximum absolute atomic E-state index is 12.8. The molecule has 0 radical (unpaired) electrons. The smallest absolute Gasteiger partial charge is 0.260 e. The largest absolute Gasteiger partial charge is 0.484 e. The van der Waals surface area contributed by atoms with Crippen molar-refractivity contribution in [2.75, 3.05) is 40.0 Å². The predicted octanol–water partition coefficient (Wildman–Crippen LogP) is 0.324. The molecule has 0 saturated carbocycles. The van der Waals surface area contributed by atoms with Crippen molar-refractivity contribution in [2.45, 2.75) is 12.0 Å². The van der Waals surface area contributed by atoms with Crippen LogP contribution < -0.4 is 10.5 Å². The summed E-state index contributed by atoms with van der Waals surface area (Å²) < 4.78 is 29.0. The number of ether oxygens (including phenoxy) is 3. The highest BCUT2D eigenvalue weighted by molar-refractivity contribution is 5.78. The molecular formula is C16H21FN2O5. The number of nitrogens with two attached hydrogens (primary N) is 1. The molecule has 1 aromatic carbocycles. The van der Waals surface area contributed by atoms with Gasteiger partial charge in [-0.15, -0.1) is 0 Å². The number of benzene rings is 1. The first-order valence-electron chi connectivity index (χ1n) is 7.51. The number of nitrogens with zero attached hydrogens (tertiary/aromatic N) is 1. The van der Waals surface area contributed by atoms with Gasteiger partial charge in [0.15, 0.2) is 6.61 Å². The topological polar surface area (TPSA) is 91.1 Å². The monoisotopic (exact) mass is 340 g/mol. The van der Waals surface area contributed by atoms with E-state index < -0.39 is 11.5 Å². The molecule has 0 spiro atoms. The van der Waals surface area contributed by atoms with E-state index in [4.69, 9.17) is 19.9 Å². The van der Waals surface area contributed by atoms with E-state index in [2.05, 4.69) is 0 Å². The Balaban J connectivity index is 1.95. The van der Waals surface area contributed by atoms with Crippen molar-refractivity contribution in [1.82, 2.24) is 4.90 Å². The van der Waals surface area contributed by atoms with Crippen LogP contribution in [0.3, 0.4) is 0 Å². The lowest BCUT2D eigenvalue weighted by Crippen LogP contribution is -2.58. The van der Waals surface area contributed by atoms with Crippen LogP contribution in [0.15, 0.2) is 24.3 Å². The molecule has 1 heterocycles. The maximum atomic E-state index is 12.8. The van der Waals surface area contributed by atoms with E-state index in [1.807, 2.05) is 0 Å². The number of hydrogen-bond donors (Lipinski definition) is 1. The zero-order chi connectivity index (χ0) is 17.6. The van der Waals surface area contributed by atoms with E-state index >= 15 is 0 Å². The molecule has 2 N–H and O–H groups in total. The first-order chi connectivity index (χ1) is 11.4. The third-order valence-corrected chi connectivity index (χ3v) is 3.68. The van der Waals surface area contributed by atoms with E-state index in [1.54, 1.807) is 4.90 Å². The second-order valence-electron chi connectivity index (χ2n) is 5.67. The summed E-state index contributed by atoms with van der Waals surface area (Å²) in [5.74, 6) is -0.757. The molecule has 2 rings (SSSR count). The van der Waals surface area contributed by atoms with Crippen molar-refractivity contribution in [1.29, 1.82) is 0 Å². The summed E-state index contributed by atoms with van der Waals surface area (Å²) in [6, 6.07) is 5.41. The summed E-state index contributed by atoms with van der Waals surface area (Å²) >= 11 is 0. The number of primary amides is 1. The van der Waals surface area contributed by atoms with Crippen molar-refractivity contribution >= 4 is 11.8 Å². The van der Waals surface area contributed by atoms with Crippen LogP contribution in [0.5, 0.6) is 5.75 Å². The van der Waals surface area contributed by atoms with Crippen LogP contribution >= 0.6 is 0 Å². The van der Waals surface area contributed by atoms with Crippen LogP contribution in [0.1, 0.15) is 6.42 Å². The molecule has 1 saturated heterocycles. The third kappa shape index (κ3) is 4.90. The molecule has 1 aromatic rings. The van der Waals surface area contributed by atoms with Crippen molar-refractivity contribution in [3.63, 3.8) is 0 Å². The minimum Gasteiger partial charge on any atom is -0.484 e. The molecule has 2 amide bonds. The van der Waals surface area contributed by atoms with Gasteiger partial charge in [-0.1, -0.05) is 0 Å². The average Bonchev–Trinajstić information content (AvgIpc) is 2.53. The zero-order valence-corrected chi connectivity index (χ0v) is 13.5. The standard InChI is InChI=1S/C16H21FN2O5/c1-22-11-16(8-14(18)20)10-19(6-7-24-16)15(21)9-23-13-4-2-12(17)3-5-13/h2-5H,6-11H2,1H3,(H2,18,20)/t16-/m1/s1. The van der Waals surface area contributed by atoms with Crippen LogP contribution in [0.4, 0.5) is 4.39 Å². The Morgan fingerprint density at radius 1 is 1.38 bits per heavy atom. The molecule has 1 aliphatic rings. The molecule has 132 valence electrons. The SMILES string of the molecule is COC[C@@]1(CC(N)=O)CN(C(=O)COc2ccc(F)cc2)CCO1. The molecule has 7 nitrogen and oxygen atoms in total. The van der Waals surface area contributed by atoms with Crippen LogP contribution in [0.2, 0.25) is 0 Å². The Hall–Kier alpha value is -2.19. The molecule has 8 heteroatoms. The summed E-state index contributed by atoms with van der Waals surface area (Å²) in [6.07, 6.45) is -0.0383. The maximum Gasteiger partial charge on any atom is 0.260 e. The van der Waals surface area contributed by atoms with E-state index in [-0.39, 0.29) is 44.5 Å². The van der Waals surface area contributed by atoms with E-state index in [1.165, 1.54) is 31.4 Å². The minimum atomic E-state index is -0.940. The van der Waals surface area contributed by atoms with E-state index in [0.717, 1.165) is 0 Å². The fourth-order valence-corrected chi connectivity index (χ4v) is 2.65. The average molecular weight is 340 g/mol. The Kier molecular flexibility index (Phi) is 6.10. The first-order valence-corrected chi connectivity index (χ1v) is 7.51. The normalized spacial score (nSPS) is 20.7. The quantitative estimate of drug-likeness (QED) is 0.772. The molecule has 0 aliphatic carbocycles. The van der Waals surface area contributed by atoms with Gasteiger partial charge in [0, 0.05) is 13.7 Å². The Labute approximate surface area is 139 Å². The molecule has 1 fully saturated rings. The Morgan fingerprint density at radius 3 is 2.71 bits per heavy atom. The van der Waals surface area contributed by atoms with Gasteiger partial charge in [-0.05, 0) is 24.3 Å². The van der Waals surface area contributed by atoms with Crippen LogP contribution in [0, 0.1) is 5.82 Å². The van der Waals surface area contributed by atoms with Crippen LogP contribution in [-0.2, 0) is 19.1 Å². The second-order valence-corrected chi connectivity index (χ2v) is 5.67. The highest BCUT2D eigenvalue weighted by Gasteiger charge is 2.40. The fraction of sp³-hybridized carbons (Fsp3) is 0.500. The Morgan fingerprint density at radius 2 is 2.08 bits per heavy atom. The van der Waals surface area contributed by atoms with Crippen molar-refractivity contribution < 1.29 is 28.2 Å². The van der Waals surface area contributed by atoms with Crippen molar-refractivity contribution in [2.24, 2.45) is 5.73 Å². The number of methoxy groups -OCH3 is 1. The molecule has 0 unspecified atom stereocenters. The number of carbonyl (C=O) groups excluding carboxylic acids is 2. The molecular weight excluding hydrogens is 319 g/mol. The lowest BCUT2D eigenvalue weighted by molar-refractivity contribution is -0.167. The molecule has 0 aromatic heterocycles. The van der Waals surface area contributed by atoms with Gasteiger partial charge >= 0.3 is 0 Å². The predicted molar refractivity (Wildman–Crippen MR) is 82.8 cm³/mol. The summed E-state index contributed by atoms with van der Waals surface area (Å²) in [5, 5.41) is 0. The highest BCUT2D eigenvalue weighted by Crippen LogP contribution is 2.23. The number of rotatable bonds is 7. The number of hydrogen-bond acceptors (Lipinski definition) is 5. The van der Waals surface area contributed by atoms with E-state index in [9.17, 15) is 14.0 Å². The summed E-state index contributed by atoms with van der Waals surface area (Å²) in [7, 11) is 1.49. The summed E-state index contributed by atoms with van der Waals surface area (Å²) in [5.41, 5.74) is 4.33. The van der Waals surface area contributed by atoms with Crippen molar-refractivity contribution in [3.05, 3.63) is 30.1 Å². The van der Waals surface area contributed by atoms with Gasteiger partial charge in [-0.25, -0.2) is 4.39 Å². The first kappa shape index (κ1) is 18.2. The van der Waals surface area contributed by atoms with Gasteiger partial charge in [-0.3, -0.25) is 9.59 Å². The number of amides is 2. The molecule has 1 aliphatic heterocycles. The van der Waals surface area contributed by atoms with Gasteiger partial charge in [-0.2, -0.15) is 0 Å². The zero-order valence-electron chi connectivity index (χ0n) is 13.5. The van der Waals surface area contributed by atoms with Crippen LogP contribution in [0.25, 0.3) is 0 Å². The lowest BCUT2D eigenvalue weighted by Gasteiger charge is -2.41. The van der Waals surface area contributed by atoms with E-state index in [0.29, 0.717) is 12.3 Å². The minimum absolute atomic E-state index is 0.0383. The summed E-state index contributed by atoms with van der Waals surface area (Å²) in [4.78, 5) is 25.2. The Bertz CT molecular complexity index is 576. The lowest BCUT2D eigenvalue weighted by atomic mass is 9.97. The fourth-order valence-electron chi connectivity index (χ4n) is 2.65.